The number of carbonyl (C=O) groups is 2. The van der Waals surface area contributed by atoms with Crippen LogP contribution in [0.2, 0.25) is 0 Å². The van der Waals surface area contributed by atoms with Crippen molar-refractivity contribution in [2.45, 2.75) is 45.1 Å². The topological polar surface area (TPSA) is 137 Å². The van der Waals surface area contributed by atoms with Gasteiger partial charge in [0.25, 0.3) is 5.91 Å². The van der Waals surface area contributed by atoms with Gasteiger partial charge in [0.2, 0.25) is 10.0 Å². The van der Waals surface area contributed by atoms with Crippen molar-refractivity contribution < 1.29 is 32.6 Å². The van der Waals surface area contributed by atoms with Crippen LogP contribution in [0.5, 0.6) is 5.75 Å². The highest BCUT2D eigenvalue weighted by Gasteiger charge is 2.28. The Balaban J connectivity index is 1.53. The van der Waals surface area contributed by atoms with Crippen LogP contribution in [0.25, 0.3) is 22.1 Å². The number of aryl methyl sites for hydroxylation is 2. The molecule has 3 aromatic carbocycles. The van der Waals surface area contributed by atoms with E-state index in [0.717, 1.165) is 16.7 Å². The minimum atomic E-state index is -4.02. The van der Waals surface area contributed by atoms with E-state index < -0.39 is 28.0 Å². The molecule has 0 saturated heterocycles. The molecule has 1 atom stereocenters. The van der Waals surface area contributed by atoms with Crippen molar-refractivity contribution in [1.82, 2.24) is 4.72 Å². The Labute approximate surface area is 233 Å². The van der Waals surface area contributed by atoms with E-state index in [1.165, 1.54) is 17.0 Å². The molecular weight excluding hydrogens is 532 g/mol. The molecule has 3 N–H and O–H groups in total. The van der Waals surface area contributed by atoms with E-state index in [1.807, 2.05) is 19.1 Å². The average Bonchev–Trinajstić information content (AvgIpc) is 3.28. The van der Waals surface area contributed by atoms with E-state index >= 15 is 0 Å². The number of sulfonamides is 1. The van der Waals surface area contributed by atoms with Crippen LogP contribution in [0.3, 0.4) is 0 Å². The van der Waals surface area contributed by atoms with Gasteiger partial charge in [-0.2, -0.15) is 4.72 Å². The number of anilines is 1. The lowest BCUT2D eigenvalue weighted by Gasteiger charge is -2.18. The van der Waals surface area contributed by atoms with Crippen LogP contribution in [-0.2, 0) is 21.2 Å². The molecule has 10 heteroatoms. The molecule has 4 aromatic rings. The van der Waals surface area contributed by atoms with Crippen molar-refractivity contribution in [2.24, 2.45) is 5.92 Å². The standard InChI is InChI=1S/C30H32N2O7S/c1-6-19-11-16-24-25(27(19)33)18(4)28(39-24)29(34)32(5)22-12-7-20(8-13-22)21-9-14-23(15-10-21)40(37,38)31-26(17(2)3)30(35)36/h7-17,26,31,33H,6H2,1-5H3,(H,35,36)/t26-/m0/s1. The highest BCUT2D eigenvalue weighted by atomic mass is 32.2. The number of carboxylic acid groups (broad SMARTS) is 1. The third kappa shape index (κ3) is 5.45. The van der Waals surface area contributed by atoms with Gasteiger partial charge in [-0.05, 0) is 66.3 Å². The Morgan fingerprint density at radius 3 is 2.08 bits per heavy atom. The fourth-order valence-electron chi connectivity index (χ4n) is 4.53. The van der Waals surface area contributed by atoms with Crippen molar-refractivity contribution in [3.63, 3.8) is 0 Å². The summed E-state index contributed by atoms with van der Waals surface area (Å²) in [6.07, 6.45) is 0.653. The van der Waals surface area contributed by atoms with E-state index in [1.54, 1.807) is 64.2 Å². The normalized spacial score (nSPS) is 12.6. The zero-order chi connectivity index (χ0) is 29.4. The molecular formula is C30H32N2O7S. The maximum atomic E-state index is 13.3. The number of fused-ring (bicyclic) bond motifs is 1. The van der Waals surface area contributed by atoms with Crippen molar-refractivity contribution >= 4 is 38.6 Å². The zero-order valence-electron chi connectivity index (χ0n) is 22.9. The second-order valence-corrected chi connectivity index (χ2v) is 11.7. The van der Waals surface area contributed by atoms with Crippen molar-refractivity contribution in [3.8, 4) is 16.9 Å². The lowest BCUT2D eigenvalue weighted by Crippen LogP contribution is -2.44. The molecule has 4 rings (SSSR count). The van der Waals surface area contributed by atoms with E-state index in [4.69, 9.17) is 4.42 Å². The number of benzene rings is 3. The average molecular weight is 565 g/mol. The van der Waals surface area contributed by atoms with Gasteiger partial charge in [0.15, 0.2) is 5.76 Å². The number of nitrogens with zero attached hydrogens (tertiary/aromatic N) is 1. The van der Waals surface area contributed by atoms with Gasteiger partial charge in [-0.15, -0.1) is 0 Å². The van der Waals surface area contributed by atoms with Crippen molar-refractivity contribution in [1.29, 1.82) is 0 Å². The highest BCUT2D eigenvalue weighted by Crippen LogP contribution is 2.36. The number of phenolic OH excluding ortho intramolecular Hbond substituents is 1. The van der Waals surface area contributed by atoms with Crippen LogP contribution >= 0.6 is 0 Å². The molecule has 0 aliphatic rings. The first-order valence-corrected chi connectivity index (χ1v) is 14.3. The second kappa shape index (κ2) is 11.1. The monoisotopic (exact) mass is 564 g/mol. The summed E-state index contributed by atoms with van der Waals surface area (Å²) < 4.78 is 33.5. The first-order valence-electron chi connectivity index (χ1n) is 12.8. The molecule has 0 radical (unpaired) electrons. The van der Waals surface area contributed by atoms with E-state index in [9.17, 15) is 28.2 Å². The Morgan fingerprint density at radius 2 is 1.55 bits per heavy atom. The summed E-state index contributed by atoms with van der Waals surface area (Å²) >= 11 is 0. The number of nitrogens with one attached hydrogen (secondary N) is 1. The summed E-state index contributed by atoms with van der Waals surface area (Å²) in [4.78, 5) is 26.1. The summed E-state index contributed by atoms with van der Waals surface area (Å²) in [6, 6.07) is 15.6. The number of hydrogen-bond donors (Lipinski definition) is 3. The largest absolute Gasteiger partial charge is 0.507 e. The van der Waals surface area contributed by atoms with Gasteiger partial charge in [0, 0.05) is 18.3 Å². The lowest BCUT2D eigenvalue weighted by atomic mass is 10.0. The molecule has 0 fully saturated rings. The Hall–Kier alpha value is -4.15. The summed E-state index contributed by atoms with van der Waals surface area (Å²) in [6.45, 7) is 6.95. The number of rotatable bonds is 9. The fraction of sp³-hybridized carbons (Fsp3) is 0.267. The predicted octanol–water partition coefficient (Wildman–Crippen LogP) is 5.34. The van der Waals surface area contributed by atoms with Crippen LogP contribution in [0, 0.1) is 12.8 Å². The molecule has 0 aliphatic heterocycles. The summed E-state index contributed by atoms with van der Waals surface area (Å²) in [5, 5.41) is 20.5. The number of amides is 1. The van der Waals surface area contributed by atoms with Gasteiger partial charge in [0.1, 0.15) is 17.4 Å². The molecule has 1 amide bonds. The minimum Gasteiger partial charge on any atom is -0.507 e. The van der Waals surface area contributed by atoms with Gasteiger partial charge in [-0.1, -0.05) is 51.1 Å². The van der Waals surface area contributed by atoms with Gasteiger partial charge in [-0.3, -0.25) is 9.59 Å². The van der Waals surface area contributed by atoms with Gasteiger partial charge >= 0.3 is 5.97 Å². The molecule has 40 heavy (non-hydrogen) atoms. The number of carbonyl (C=O) groups excluding carboxylic acids is 1. The van der Waals surface area contributed by atoms with Gasteiger partial charge in [0.05, 0.1) is 10.3 Å². The Bertz CT molecular complexity index is 1670. The van der Waals surface area contributed by atoms with E-state index in [-0.39, 0.29) is 22.3 Å². The smallest absolute Gasteiger partial charge is 0.322 e. The van der Waals surface area contributed by atoms with Crippen molar-refractivity contribution in [2.75, 3.05) is 11.9 Å². The molecule has 210 valence electrons. The van der Waals surface area contributed by atoms with Crippen molar-refractivity contribution in [3.05, 3.63) is 77.6 Å². The molecule has 1 aromatic heterocycles. The summed E-state index contributed by atoms with van der Waals surface area (Å²) in [7, 11) is -2.39. The molecule has 0 aliphatic carbocycles. The molecule has 9 nitrogen and oxygen atoms in total. The van der Waals surface area contributed by atoms with Crippen LogP contribution in [0.15, 0.2) is 70.0 Å². The van der Waals surface area contributed by atoms with E-state index in [2.05, 4.69) is 4.72 Å². The first-order chi connectivity index (χ1) is 18.9. The highest BCUT2D eigenvalue weighted by molar-refractivity contribution is 7.89. The van der Waals surface area contributed by atoms with Crippen LogP contribution < -0.4 is 9.62 Å². The number of hydrogen-bond acceptors (Lipinski definition) is 6. The number of furan rings is 1. The lowest BCUT2D eigenvalue weighted by molar-refractivity contribution is -0.140. The predicted molar refractivity (Wildman–Crippen MR) is 153 cm³/mol. The summed E-state index contributed by atoms with van der Waals surface area (Å²) in [5.74, 6) is -1.74. The first kappa shape index (κ1) is 28.8. The third-order valence-corrected chi connectivity index (χ3v) is 8.46. The molecule has 0 bridgehead atoms. The number of phenols is 1. The maximum absolute atomic E-state index is 13.3. The maximum Gasteiger partial charge on any atom is 0.322 e. The third-order valence-electron chi connectivity index (χ3n) is 7.00. The molecule has 0 spiro atoms. The Morgan fingerprint density at radius 1 is 0.975 bits per heavy atom. The van der Waals surface area contributed by atoms with Crippen LogP contribution in [-0.4, -0.2) is 43.6 Å². The number of aliphatic carboxylic acids is 1. The second-order valence-electron chi connectivity index (χ2n) is 9.97. The summed E-state index contributed by atoms with van der Waals surface area (Å²) in [5.41, 5.74) is 3.95. The SMILES string of the molecule is CCc1ccc2oc(C(=O)N(C)c3ccc(-c4ccc(S(=O)(=O)N[C@H](C(=O)O)C(C)C)cc4)cc3)c(C)c2c1O. The Kier molecular flexibility index (Phi) is 8.04. The molecule has 0 unspecified atom stereocenters. The quantitative estimate of drug-likeness (QED) is 0.250. The van der Waals surface area contributed by atoms with Crippen LogP contribution in [0.1, 0.15) is 42.5 Å². The van der Waals surface area contributed by atoms with E-state index in [0.29, 0.717) is 28.6 Å². The van der Waals surface area contributed by atoms with Gasteiger partial charge in [-0.25, -0.2) is 8.42 Å². The number of carboxylic acids is 1. The van der Waals surface area contributed by atoms with Crippen LogP contribution in [0.4, 0.5) is 5.69 Å². The number of aromatic hydroxyl groups is 1. The van der Waals surface area contributed by atoms with Gasteiger partial charge < -0.3 is 19.5 Å². The fourth-order valence-corrected chi connectivity index (χ4v) is 5.87. The zero-order valence-corrected chi connectivity index (χ0v) is 23.7. The minimum absolute atomic E-state index is 0.0385. The molecule has 1 heterocycles. The molecule has 0 saturated carbocycles.